The molecule has 1 aromatic rings. The Kier molecular flexibility index (Phi) is 4.19. The van der Waals surface area contributed by atoms with E-state index in [1.165, 1.54) is 18.4 Å². The van der Waals surface area contributed by atoms with E-state index in [9.17, 15) is 5.11 Å². The van der Waals surface area contributed by atoms with Crippen LogP contribution >= 0.6 is 0 Å². The fraction of sp³-hybridized carbons (Fsp3) is 0.600. The van der Waals surface area contributed by atoms with Crippen LogP contribution in [0.5, 0.6) is 0 Å². The van der Waals surface area contributed by atoms with E-state index in [1.807, 2.05) is 0 Å². The maximum absolute atomic E-state index is 9.90. The Morgan fingerprint density at radius 1 is 1.24 bits per heavy atom. The SMILES string of the molecule is CC(CN(C)CC(O)C1CC1)c1ccccc1. The van der Waals surface area contributed by atoms with E-state index in [1.54, 1.807) is 0 Å². The molecular formula is C15H23NO. The molecule has 1 fully saturated rings. The van der Waals surface area contributed by atoms with Gasteiger partial charge in [-0.05, 0) is 37.3 Å². The first kappa shape index (κ1) is 12.6. The van der Waals surface area contributed by atoms with Gasteiger partial charge in [-0.2, -0.15) is 0 Å². The summed E-state index contributed by atoms with van der Waals surface area (Å²) in [6, 6.07) is 10.6. The van der Waals surface area contributed by atoms with Gasteiger partial charge in [0, 0.05) is 13.1 Å². The second-order valence-electron chi connectivity index (χ2n) is 5.44. The van der Waals surface area contributed by atoms with Gasteiger partial charge in [0.15, 0.2) is 0 Å². The molecule has 2 rings (SSSR count). The highest BCUT2D eigenvalue weighted by atomic mass is 16.3. The van der Waals surface area contributed by atoms with Crippen LogP contribution in [0.15, 0.2) is 30.3 Å². The Bertz CT molecular complexity index is 334. The van der Waals surface area contributed by atoms with Gasteiger partial charge < -0.3 is 10.0 Å². The number of hydrogen-bond donors (Lipinski definition) is 1. The minimum absolute atomic E-state index is 0.122. The van der Waals surface area contributed by atoms with E-state index in [0.29, 0.717) is 11.8 Å². The van der Waals surface area contributed by atoms with Crippen LogP contribution in [0.3, 0.4) is 0 Å². The number of likely N-dealkylation sites (N-methyl/N-ethyl adjacent to an activating group) is 1. The molecule has 0 aliphatic heterocycles. The van der Waals surface area contributed by atoms with Crippen molar-refractivity contribution in [2.45, 2.75) is 31.8 Å². The first-order chi connectivity index (χ1) is 8.16. The summed E-state index contributed by atoms with van der Waals surface area (Å²) >= 11 is 0. The minimum atomic E-state index is -0.122. The van der Waals surface area contributed by atoms with Crippen molar-refractivity contribution in [3.8, 4) is 0 Å². The molecule has 17 heavy (non-hydrogen) atoms. The predicted octanol–water partition coefficient (Wildman–Crippen LogP) is 2.49. The smallest absolute Gasteiger partial charge is 0.0695 e. The summed E-state index contributed by atoms with van der Waals surface area (Å²) in [7, 11) is 2.10. The van der Waals surface area contributed by atoms with Crippen molar-refractivity contribution < 1.29 is 5.11 Å². The average molecular weight is 233 g/mol. The van der Waals surface area contributed by atoms with E-state index in [0.717, 1.165) is 13.1 Å². The molecule has 2 unspecified atom stereocenters. The third-order valence-electron chi connectivity index (χ3n) is 3.62. The second kappa shape index (κ2) is 5.65. The number of rotatable bonds is 6. The zero-order valence-electron chi connectivity index (χ0n) is 10.8. The van der Waals surface area contributed by atoms with Crippen LogP contribution in [0, 0.1) is 5.92 Å². The van der Waals surface area contributed by atoms with Gasteiger partial charge in [-0.25, -0.2) is 0 Å². The van der Waals surface area contributed by atoms with Crippen LogP contribution in [-0.2, 0) is 0 Å². The lowest BCUT2D eigenvalue weighted by Gasteiger charge is -2.24. The monoisotopic (exact) mass is 233 g/mol. The highest BCUT2D eigenvalue weighted by Crippen LogP contribution is 2.32. The molecule has 2 heteroatoms. The summed E-state index contributed by atoms with van der Waals surface area (Å²) in [4.78, 5) is 2.25. The molecule has 0 radical (unpaired) electrons. The van der Waals surface area contributed by atoms with Crippen molar-refractivity contribution in [2.24, 2.45) is 5.92 Å². The first-order valence-electron chi connectivity index (χ1n) is 6.58. The van der Waals surface area contributed by atoms with Gasteiger partial charge in [0.1, 0.15) is 0 Å². The number of hydrogen-bond acceptors (Lipinski definition) is 2. The quantitative estimate of drug-likeness (QED) is 0.816. The highest BCUT2D eigenvalue weighted by Gasteiger charge is 2.30. The molecular weight excluding hydrogens is 210 g/mol. The zero-order valence-corrected chi connectivity index (χ0v) is 10.8. The van der Waals surface area contributed by atoms with Gasteiger partial charge in [-0.1, -0.05) is 37.3 Å². The van der Waals surface area contributed by atoms with Gasteiger partial charge in [-0.15, -0.1) is 0 Å². The molecule has 1 aliphatic carbocycles. The summed E-state index contributed by atoms with van der Waals surface area (Å²) in [5.74, 6) is 1.09. The molecule has 1 aromatic carbocycles. The Labute approximate surface area is 104 Å². The first-order valence-corrected chi connectivity index (χ1v) is 6.58. The van der Waals surface area contributed by atoms with Crippen molar-refractivity contribution in [3.05, 3.63) is 35.9 Å². The summed E-state index contributed by atoms with van der Waals surface area (Å²) in [5, 5.41) is 9.90. The highest BCUT2D eigenvalue weighted by molar-refractivity contribution is 5.18. The third-order valence-corrected chi connectivity index (χ3v) is 3.62. The Morgan fingerprint density at radius 2 is 1.88 bits per heavy atom. The van der Waals surface area contributed by atoms with Crippen molar-refractivity contribution in [2.75, 3.05) is 20.1 Å². The molecule has 0 bridgehead atoms. The van der Waals surface area contributed by atoms with Crippen LogP contribution in [0.1, 0.15) is 31.2 Å². The largest absolute Gasteiger partial charge is 0.392 e. The summed E-state index contributed by atoms with van der Waals surface area (Å²) in [6.45, 7) is 4.06. The van der Waals surface area contributed by atoms with Crippen LogP contribution in [0.25, 0.3) is 0 Å². The van der Waals surface area contributed by atoms with Gasteiger partial charge in [0.25, 0.3) is 0 Å². The lowest BCUT2D eigenvalue weighted by molar-refractivity contribution is 0.105. The zero-order chi connectivity index (χ0) is 12.3. The van der Waals surface area contributed by atoms with Crippen molar-refractivity contribution >= 4 is 0 Å². The van der Waals surface area contributed by atoms with E-state index >= 15 is 0 Å². The number of aliphatic hydroxyl groups excluding tert-OH is 1. The fourth-order valence-electron chi connectivity index (χ4n) is 2.38. The van der Waals surface area contributed by atoms with Crippen molar-refractivity contribution in [3.63, 3.8) is 0 Å². The van der Waals surface area contributed by atoms with Gasteiger partial charge in [0.05, 0.1) is 6.10 Å². The molecule has 0 spiro atoms. The Balaban J connectivity index is 1.79. The standard InChI is InChI=1S/C15H23NO/c1-12(13-6-4-3-5-7-13)10-16(2)11-15(17)14-8-9-14/h3-7,12,14-15,17H,8-11H2,1-2H3. The summed E-state index contributed by atoms with van der Waals surface area (Å²) in [6.07, 6.45) is 2.30. The van der Waals surface area contributed by atoms with E-state index < -0.39 is 0 Å². The predicted molar refractivity (Wildman–Crippen MR) is 71.1 cm³/mol. The maximum atomic E-state index is 9.90. The molecule has 2 atom stereocenters. The van der Waals surface area contributed by atoms with E-state index in [-0.39, 0.29) is 6.10 Å². The normalized spacial score (nSPS) is 19.3. The molecule has 1 saturated carbocycles. The molecule has 1 N–H and O–H groups in total. The molecule has 0 aromatic heterocycles. The third kappa shape index (κ3) is 3.83. The maximum Gasteiger partial charge on any atom is 0.0695 e. The lowest BCUT2D eigenvalue weighted by Crippen LogP contribution is -2.32. The van der Waals surface area contributed by atoms with Crippen LogP contribution in [0.2, 0.25) is 0 Å². The van der Waals surface area contributed by atoms with Crippen molar-refractivity contribution in [1.82, 2.24) is 4.90 Å². The van der Waals surface area contributed by atoms with Gasteiger partial charge >= 0.3 is 0 Å². The van der Waals surface area contributed by atoms with Crippen LogP contribution in [-0.4, -0.2) is 36.2 Å². The summed E-state index contributed by atoms with van der Waals surface area (Å²) in [5.41, 5.74) is 1.38. The molecule has 0 saturated heterocycles. The number of nitrogens with zero attached hydrogens (tertiary/aromatic N) is 1. The van der Waals surface area contributed by atoms with Crippen LogP contribution in [0.4, 0.5) is 0 Å². The minimum Gasteiger partial charge on any atom is -0.392 e. The van der Waals surface area contributed by atoms with Crippen LogP contribution < -0.4 is 0 Å². The lowest BCUT2D eigenvalue weighted by atomic mass is 10.0. The molecule has 0 amide bonds. The molecule has 2 nitrogen and oxygen atoms in total. The Hall–Kier alpha value is -0.860. The fourth-order valence-corrected chi connectivity index (χ4v) is 2.38. The second-order valence-corrected chi connectivity index (χ2v) is 5.44. The Morgan fingerprint density at radius 3 is 2.47 bits per heavy atom. The number of aliphatic hydroxyl groups is 1. The topological polar surface area (TPSA) is 23.5 Å². The average Bonchev–Trinajstić information content (AvgIpc) is 3.13. The summed E-state index contributed by atoms with van der Waals surface area (Å²) < 4.78 is 0. The van der Waals surface area contributed by atoms with Crippen molar-refractivity contribution in [1.29, 1.82) is 0 Å². The molecule has 0 heterocycles. The van der Waals surface area contributed by atoms with E-state index in [4.69, 9.17) is 0 Å². The molecule has 1 aliphatic rings. The molecule has 94 valence electrons. The van der Waals surface area contributed by atoms with Gasteiger partial charge in [0.2, 0.25) is 0 Å². The van der Waals surface area contributed by atoms with E-state index in [2.05, 4.69) is 49.2 Å². The number of benzene rings is 1. The van der Waals surface area contributed by atoms with Gasteiger partial charge in [-0.3, -0.25) is 0 Å².